The molecule has 3 aromatic heterocycles. The Morgan fingerprint density at radius 1 is 1.25 bits per heavy atom. The number of aryl methyl sites for hydroxylation is 2. The number of fused-ring (bicyclic) bond motifs is 1. The minimum Gasteiger partial charge on any atom is -0.382 e. The van der Waals surface area contributed by atoms with E-state index in [0.717, 1.165) is 45.7 Å². The standard InChI is InChI=1S/C22H27ClFN3O/c1-6-18-16(7-8-19(25-18)13(2)3)22-17(23)9-20-21(26-22)14(4)11-27(20)15(10-24)12-28-5/h7-9,11,13,15H,6,10,12H2,1-5H3/t15-/m1/s1. The highest BCUT2D eigenvalue weighted by Gasteiger charge is 2.20. The predicted octanol–water partition coefficient (Wildman–Crippen LogP) is 5.90. The average molecular weight is 404 g/mol. The van der Waals surface area contributed by atoms with Gasteiger partial charge in [0, 0.05) is 30.3 Å². The maximum atomic E-state index is 13.6. The van der Waals surface area contributed by atoms with Crippen LogP contribution in [0.25, 0.3) is 22.3 Å². The van der Waals surface area contributed by atoms with E-state index in [1.165, 1.54) is 0 Å². The van der Waals surface area contributed by atoms with Gasteiger partial charge in [-0.05, 0) is 43.0 Å². The molecule has 28 heavy (non-hydrogen) atoms. The van der Waals surface area contributed by atoms with E-state index >= 15 is 0 Å². The number of ether oxygens (including phenoxy) is 1. The SMILES string of the molecule is CCc1nc(C(C)C)ccc1-c1nc2c(C)cn([C@H](CF)COC)c2cc1Cl. The second kappa shape index (κ2) is 8.58. The number of pyridine rings is 2. The Balaban J connectivity index is 2.17. The van der Waals surface area contributed by atoms with Gasteiger partial charge in [-0.2, -0.15) is 0 Å². The van der Waals surface area contributed by atoms with Crippen LogP contribution in [0, 0.1) is 6.92 Å². The van der Waals surface area contributed by atoms with Crippen LogP contribution in [0.5, 0.6) is 0 Å². The van der Waals surface area contributed by atoms with Gasteiger partial charge in [-0.1, -0.05) is 32.4 Å². The van der Waals surface area contributed by atoms with E-state index in [0.29, 0.717) is 17.5 Å². The van der Waals surface area contributed by atoms with Crippen LogP contribution >= 0.6 is 11.6 Å². The van der Waals surface area contributed by atoms with Crippen molar-refractivity contribution in [3.05, 3.63) is 46.4 Å². The minimum atomic E-state index is -0.517. The van der Waals surface area contributed by atoms with Gasteiger partial charge in [-0.25, -0.2) is 9.37 Å². The van der Waals surface area contributed by atoms with Crippen LogP contribution in [0.3, 0.4) is 0 Å². The molecular weight excluding hydrogens is 377 g/mol. The number of halogens is 2. The summed E-state index contributed by atoms with van der Waals surface area (Å²) in [5, 5.41) is 0.538. The number of hydrogen-bond donors (Lipinski definition) is 0. The number of aromatic nitrogens is 3. The summed E-state index contributed by atoms with van der Waals surface area (Å²) in [6, 6.07) is 5.57. The van der Waals surface area contributed by atoms with Crippen molar-refractivity contribution < 1.29 is 9.13 Å². The fourth-order valence-electron chi connectivity index (χ4n) is 3.51. The maximum absolute atomic E-state index is 13.6. The molecule has 1 atom stereocenters. The van der Waals surface area contributed by atoms with Crippen molar-refractivity contribution in [2.45, 2.75) is 46.1 Å². The molecule has 3 rings (SSSR count). The van der Waals surface area contributed by atoms with Gasteiger partial charge in [-0.15, -0.1) is 0 Å². The van der Waals surface area contributed by atoms with Crippen molar-refractivity contribution in [1.29, 1.82) is 0 Å². The van der Waals surface area contributed by atoms with E-state index in [2.05, 4.69) is 26.8 Å². The van der Waals surface area contributed by atoms with Gasteiger partial charge < -0.3 is 9.30 Å². The number of nitrogens with zero attached hydrogens (tertiary/aromatic N) is 3. The summed E-state index contributed by atoms with van der Waals surface area (Å²) in [7, 11) is 1.57. The third-order valence-corrected chi connectivity index (χ3v) is 5.34. The van der Waals surface area contributed by atoms with E-state index in [4.69, 9.17) is 26.3 Å². The van der Waals surface area contributed by atoms with Crippen molar-refractivity contribution in [2.75, 3.05) is 20.4 Å². The monoisotopic (exact) mass is 403 g/mol. The average Bonchev–Trinajstić information content (AvgIpc) is 3.00. The Morgan fingerprint density at radius 2 is 2.00 bits per heavy atom. The van der Waals surface area contributed by atoms with E-state index in [9.17, 15) is 4.39 Å². The van der Waals surface area contributed by atoms with E-state index in [1.807, 2.05) is 29.8 Å². The summed E-state index contributed by atoms with van der Waals surface area (Å²) in [5.41, 5.74) is 6.33. The molecule has 0 fully saturated rings. The van der Waals surface area contributed by atoms with Crippen LogP contribution in [-0.4, -0.2) is 34.9 Å². The summed E-state index contributed by atoms with van der Waals surface area (Å²) in [5.74, 6) is 0.361. The van der Waals surface area contributed by atoms with E-state index in [-0.39, 0.29) is 0 Å². The zero-order valence-electron chi connectivity index (χ0n) is 17.1. The summed E-state index contributed by atoms with van der Waals surface area (Å²) < 4.78 is 20.6. The molecule has 0 unspecified atom stereocenters. The summed E-state index contributed by atoms with van der Waals surface area (Å²) >= 11 is 6.65. The third-order valence-electron chi connectivity index (χ3n) is 5.05. The molecule has 0 saturated heterocycles. The largest absolute Gasteiger partial charge is 0.382 e. The van der Waals surface area contributed by atoms with Crippen molar-refractivity contribution in [1.82, 2.24) is 14.5 Å². The van der Waals surface area contributed by atoms with Crippen molar-refractivity contribution in [2.24, 2.45) is 0 Å². The van der Waals surface area contributed by atoms with Crippen LogP contribution in [0.2, 0.25) is 5.02 Å². The van der Waals surface area contributed by atoms with Crippen molar-refractivity contribution in [3.63, 3.8) is 0 Å². The van der Waals surface area contributed by atoms with Crippen LogP contribution in [0.15, 0.2) is 24.4 Å². The lowest BCUT2D eigenvalue weighted by Gasteiger charge is -2.16. The summed E-state index contributed by atoms with van der Waals surface area (Å²) in [6.07, 6.45) is 2.71. The van der Waals surface area contributed by atoms with Gasteiger partial charge >= 0.3 is 0 Å². The zero-order chi connectivity index (χ0) is 20.4. The first-order chi connectivity index (χ1) is 13.4. The first kappa shape index (κ1) is 20.7. The van der Waals surface area contributed by atoms with Crippen molar-refractivity contribution in [3.8, 4) is 11.3 Å². The lowest BCUT2D eigenvalue weighted by Crippen LogP contribution is -2.15. The number of hydrogen-bond acceptors (Lipinski definition) is 3. The van der Waals surface area contributed by atoms with Crippen LogP contribution < -0.4 is 0 Å². The van der Waals surface area contributed by atoms with Gasteiger partial charge in [0.25, 0.3) is 0 Å². The molecule has 0 aliphatic rings. The molecule has 3 aromatic rings. The number of rotatable bonds is 7. The summed E-state index contributed by atoms with van der Waals surface area (Å²) in [6.45, 7) is 8.10. The Kier molecular flexibility index (Phi) is 6.36. The Hall–Kier alpha value is -1.98. The van der Waals surface area contributed by atoms with Crippen LogP contribution in [-0.2, 0) is 11.2 Å². The molecule has 0 N–H and O–H groups in total. The molecule has 3 heterocycles. The normalized spacial score (nSPS) is 12.9. The molecule has 0 amide bonds. The molecule has 0 aliphatic carbocycles. The van der Waals surface area contributed by atoms with Crippen molar-refractivity contribution >= 4 is 22.6 Å². The fourth-order valence-corrected chi connectivity index (χ4v) is 3.76. The number of alkyl halides is 1. The highest BCUT2D eigenvalue weighted by Crippen LogP contribution is 2.34. The quantitative estimate of drug-likeness (QED) is 0.492. The molecule has 0 bridgehead atoms. The molecule has 6 heteroatoms. The Labute approximate surface area is 170 Å². The van der Waals surface area contributed by atoms with Crippen LogP contribution in [0.1, 0.15) is 49.7 Å². The molecule has 4 nitrogen and oxygen atoms in total. The molecule has 0 aromatic carbocycles. The predicted molar refractivity (Wildman–Crippen MR) is 113 cm³/mol. The first-order valence-electron chi connectivity index (χ1n) is 9.63. The Bertz CT molecular complexity index is 984. The summed E-state index contributed by atoms with van der Waals surface area (Å²) in [4.78, 5) is 9.68. The van der Waals surface area contributed by atoms with Gasteiger partial charge in [0.05, 0.1) is 34.4 Å². The topological polar surface area (TPSA) is 39.9 Å². The van der Waals surface area contributed by atoms with Crippen LogP contribution in [0.4, 0.5) is 4.39 Å². The maximum Gasteiger partial charge on any atom is 0.112 e. The fraction of sp³-hybridized carbons (Fsp3) is 0.455. The minimum absolute atomic E-state index is 0.291. The third kappa shape index (κ3) is 3.78. The molecular formula is C22H27ClFN3O. The van der Waals surface area contributed by atoms with E-state index < -0.39 is 12.7 Å². The smallest absolute Gasteiger partial charge is 0.112 e. The van der Waals surface area contributed by atoms with Gasteiger partial charge in [0.15, 0.2) is 0 Å². The van der Waals surface area contributed by atoms with Gasteiger partial charge in [0.1, 0.15) is 6.67 Å². The first-order valence-corrected chi connectivity index (χ1v) is 10.0. The highest BCUT2D eigenvalue weighted by molar-refractivity contribution is 6.33. The zero-order valence-corrected chi connectivity index (χ0v) is 17.8. The number of methoxy groups -OCH3 is 1. The Morgan fingerprint density at radius 3 is 2.61 bits per heavy atom. The van der Waals surface area contributed by atoms with E-state index in [1.54, 1.807) is 7.11 Å². The molecule has 0 saturated carbocycles. The second-order valence-electron chi connectivity index (χ2n) is 7.41. The molecule has 0 aliphatic heterocycles. The highest BCUT2D eigenvalue weighted by atomic mass is 35.5. The second-order valence-corrected chi connectivity index (χ2v) is 7.82. The molecule has 0 radical (unpaired) electrons. The lowest BCUT2D eigenvalue weighted by atomic mass is 10.0. The van der Waals surface area contributed by atoms with Gasteiger partial charge in [-0.3, -0.25) is 4.98 Å². The molecule has 0 spiro atoms. The lowest BCUT2D eigenvalue weighted by molar-refractivity contribution is 0.142. The molecule has 150 valence electrons. The van der Waals surface area contributed by atoms with Gasteiger partial charge in [0.2, 0.25) is 0 Å².